The van der Waals surface area contributed by atoms with E-state index in [4.69, 9.17) is 0 Å². The molecule has 0 bridgehead atoms. The number of hydrogen-bond donors (Lipinski definition) is 0. The molecule has 0 saturated heterocycles. The van der Waals surface area contributed by atoms with E-state index in [0.29, 0.717) is 6.42 Å². The third kappa shape index (κ3) is 3.74. The van der Waals surface area contributed by atoms with Gasteiger partial charge in [-0.2, -0.15) is 0 Å². The van der Waals surface area contributed by atoms with Gasteiger partial charge in [-0.05, 0) is 20.3 Å². The Morgan fingerprint density at radius 2 is 2.00 bits per heavy atom. The summed E-state index contributed by atoms with van der Waals surface area (Å²) in [6.07, 6.45) is 5.31. The van der Waals surface area contributed by atoms with Crippen molar-refractivity contribution in [3.8, 4) is 0 Å². The number of thiazole rings is 1. The lowest BCUT2D eigenvalue weighted by molar-refractivity contribution is 0.0982. The van der Waals surface area contributed by atoms with Gasteiger partial charge in [-0.1, -0.05) is 26.2 Å². The number of carbonyl (C=O) groups excluding carboxylic acids is 1. The molecule has 0 radical (unpaired) electrons. The zero-order valence-electron chi connectivity index (χ0n) is 9.80. The number of nitrogens with zero attached hydrogens (tertiary/aromatic N) is 1. The van der Waals surface area contributed by atoms with Crippen LogP contribution in [0.5, 0.6) is 0 Å². The van der Waals surface area contributed by atoms with Crippen molar-refractivity contribution in [3.05, 3.63) is 15.6 Å². The first-order valence-corrected chi connectivity index (χ1v) is 6.44. The summed E-state index contributed by atoms with van der Waals surface area (Å²) in [4.78, 5) is 17.0. The van der Waals surface area contributed by atoms with Crippen LogP contribution in [0.4, 0.5) is 0 Å². The van der Waals surface area contributed by atoms with Gasteiger partial charge in [-0.3, -0.25) is 4.79 Å². The van der Waals surface area contributed by atoms with Crippen LogP contribution < -0.4 is 0 Å². The second kappa shape index (κ2) is 6.01. The first-order chi connectivity index (χ1) is 7.15. The summed E-state index contributed by atoms with van der Waals surface area (Å²) >= 11 is 1.53. The van der Waals surface area contributed by atoms with E-state index < -0.39 is 0 Å². The highest BCUT2D eigenvalue weighted by Gasteiger charge is 2.12. The van der Waals surface area contributed by atoms with Crippen molar-refractivity contribution in [2.45, 2.75) is 52.9 Å². The van der Waals surface area contributed by atoms with Crippen LogP contribution in [0.15, 0.2) is 0 Å². The first-order valence-electron chi connectivity index (χ1n) is 5.62. The van der Waals surface area contributed by atoms with Crippen LogP contribution in [0.2, 0.25) is 0 Å². The second-order valence-electron chi connectivity index (χ2n) is 3.88. The Bertz CT molecular complexity index is 330. The van der Waals surface area contributed by atoms with Crippen LogP contribution in [-0.2, 0) is 0 Å². The normalized spacial score (nSPS) is 10.6. The van der Waals surface area contributed by atoms with Crippen LogP contribution in [-0.4, -0.2) is 10.8 Å². The van der Waals surface area contributed by atoms with E-state index in [-0.39, 0.29) is 5.78 Å². The van der Waals surface area contributed by atoms with Crippen molar-refractivity contribution in [2.75, 3.05) is 0 Å². The van der Waals surface area contributed by atoms with Gasteiger partial charge in [0.25, 0.3) is 0 Å². The number of rotatable bonds is 6. The van der Waals surface area contributed by atoms with Crippen LogP contribution in [0.1, 0.15) is 59.4 Å². The fourth-order valence-corrected chi connectivity index (χ4v) is 2.50. The standard InChI is InChI=1S/C12H19NOS/c1-4-5-6-7-8-11(14)12-9(2)13-10(3)15-12/h4-8H2,1-3H3. The second-order valence-corrected chi connectivity index (χ2v) is 5.08. The highest BCUT2D eigenvalue weighted by atomic mass is 32.1. The van der Waals surface area contributed by atoms with Crippen LogP contribution >= 0.6 is 11.3 Å². The predicted molar refractivity (Wildman–Crippen MR) is 64.7 cm³/mol. The van der Waals surface area contributed by atoms with Gasteiger partial charge in [-0.25, -0.2) is 4.98 Å². The molecule has 2 nitrogen and oxygen atoms in total. The van der Waals surface area contributed by atoms with Crippen LogP contribution in [0, 0.1) is 13.8 Å². The van der Waals surface area contributed by atoms with E-state index in [1.165, 1.54) is 30.6 Å². The molecule has 0 aromatic carbocycles. The average Bonchev–Trinajstić information content (AvgIpc) is 2.52. The molecule has 1 aromatic heterocycles. The number of carbonyl (C=O) groups is 1. The molecule has 0 aliphatic carbocycles. The quantitative estimate of drug-likeness (QED) is 0.542. The molecule has 0 amide bonds. The van der Waals surface area contributed by atoms with Crippen molar-refractivity contribution < 1.29 is 4.79 Å². The van der Waals surface area contributed by atoms with Gasteiger partial charge in [0.1, 0.15) is 0 Å². The Morgan fingerprint density at radius 3 is 2.53 bits per heavy atom. The topological polar surface area (TPSA) is 30.0 Å². The molecule has 0 atom stereocenters. The van der Waals surface area contributed by atoms with Crippen molar-refractivity contribution in [3.63, 3.8) is 0 Å². The number of ketones is 1. The Kier molecular flexibility index (Phi) is 4.95. The van der Waals surface area contributed by atoms with Gasteiger partial charge in [0, 0.05) is 6.42 Å². The molecule has 0 aliphatic rings. The van der Waals surface area contributed by atoms with Crippen LogP contribution in [0.25, 0.3) is 0 Å². The number of unbranched alkanes of at least 4 members (excludes halogenated alkanes) is 3. The number of Topliss-reactive ketones (excluding diaryl/α,β-unsaturated/α-hetero) is 1. The van der Waals surface area contributed by atoms with E-state index in [2.05, 4.69) is 11.9 Å². The monoisotopic (exact) mass is 225 g/mol. The number of aryl methyl sites for hydroxylation is 2. The van der Waals surface area contributed by atoms with E-state index >= 15 is 0 Å². The molecular formula is C12H19NOS. The van der Waals surface area contributed by atoms with Gasteiger partial charge in [-0.15, -0.1) is 11.3 Å². The van der Waals surface area contributed by atoms with E-state index in [1.807, 2.05) is 13.8 Å². The zero-order valence-corrected chi connectivity index (χ0v) is 10.6. The lowest BCUT2D eigenvalue weighted by Crippen LogP contribution is -1.98. The van der Waals surface area contributed by atoms with E-state index in [0.717, 1.165) is 22.0 Å². The molecule has 0 aliphatic heterocycles. The smallest absolute Gasteiger partial charge is 0.174 e. The molecule has 0 spiro atoms. The van der Waals surface area contributed by atoms with Crippen molar-refractivity contribution in [2.24, 2.45) is 0 Å². The maximum absolute atomic E-state index is 11.8. The summed E-state index contributed by atoms with van der Waals surface area (Å²) in [5.74, 6) is 0.272. The van der Waals surface area contributed by atoms with E-state index in [1.54, 1.807) is 0 Å². The largest absolute Gasteiger partial charge is 0.293 e. The predicted octanol–water partition coefficient (Wildman–Crippen LogP) is 3.91. The number of aromatic nitrogens is 1. The Morgan fingerprint density at radius 1 is 1.27 bits per heavy atom. The molecule has 1 heterocycles. The lowest BCUT2D eigenvalue weighted by Gasteiger charge is -1.98. The summed E-state index contributed by atoms with van der Waals surface area (Å²) in [5, 5.41) is 0.990. The van der Waals surface area contributed by atoms with Gasteiger partial charge < -0.3 is 0 Å². The Balaban J connectivity index is 2.43. The summed E-state index contributed by atoms with van der Waals surface area (Å²) in [5.41, 5.74) is 0.901. The molecule has 0 N–H and O–H groups in total. The SMILES string of the molecule is CCCCCCC(=O)c1sc(C)nc1C. The van der Waals surface area contributed by atoms with Crippen molar-refractivity contribution in [1.82, 2.24) is 4.98 Å². The van der Waals surface area contributed by atoms with Gasteiger partial charge >= 0.3 is 0 Å². The molecule has 1 aromatic rings. The molecule has 3 heteroatoms. The van der Waals surface area contributed by atoms with Crippen molar-refractivity contribution in [1.29, 1.82) is 0 Å². The fourth-order valence-electron chi connectivity index (χ4n) is 1.62. The van der Waals surface area contributed by atoms with Gasteiger partial charge in [0.05, 0.1) is 15.6 Å². The molecular weight excluding hydrogens is 206 g/mol. The minimum absolute atomic E-state index is 0.272. The fraction of sp³-hybridized carbons (Fsp3) is 0.667. The van der Waals surface area contributed by atoms with Crippen molar-refractivity contribution >= 4 is 17.1 Å². The van der Waals surface area contributed by atoms with E-state index in [9.17, 15) is 4.79 Å². The molecule has 0 unspecified atom stereocenters. The molecule has 0 fully saturated rings. The van der Waals surface area contributed by atoms with Crippen LogP contribution in [0.3, 0.4) is 0 Å². The zero-order chi connectivity index (χ0) is 11.3. The minimum Gasteiger partial charge on any atom is -0.293 e. The maximum Gasteiger partial charge on any atom is 0.174 e. The average molecular weight is 225 g/mol. The number of hydrogen-bond acceptors (Lipinski definition) is 3. The van der Waals surface area contributed by atoms with Gasteiger partial charge in [0.2, 0.25) is 0 Å². The molecule has 1 rings (SSSR count). The third-order valence-electron chi connectivity index (χ3n) is 2.41. The highest BCUT2D eigenvalue weighted by molar-refractivity contribution is 7.13. The highest BCUT2D eigenvalue weighted by Crippen LogP contribution is 2.20. The minimum atomic E-state index is 0.272. The lowest BCUT2D eigenvalue weighted by atomic mass is 10.1. The third-order valence-corrected chi connectivity index (χ3v) is 3.53. The summed E-state index contributed by atoms with van der Waals surface area (Å²) in [6, 6.07) is 0. The Hall–Kier alpha value is -0.700. The molecule has 15 heavy (non-hydrogen) atoms. The maximum atomic E-state index is 11.8. The first kappa shape index (κ1) is 12.4. The van der Waals surface area contributed by atoms with Gasteiger partial charge in [0.15, 0.2) is 5.78 Å². The molecule has 0 saturated carbocycles. The molecule has 84 valence electrons. The summed E-state index contributed by atoms with van der Waals surface area (Å²) in [6.45, 7) is 6.05. The summed E-state index contributed by atoms with van der Waals surface area (Å²) < 4.78 is 0. The Labute approximate surface area is 95.7 Å². The summed E-state index contributed by atoms with van der Waals surface area (Å²) in [7, 11) is 0.